The van der Waals surface area contributed by atoms with E-state index in [9.17, 15) is 17.6 Å². The molecule has 0 aliphatic heterocycles. The Labute approximate surface area is 115 Å². The van der Waals surface area contributed by atoms with Crippen LogP contribution in [0.5, 0.6) is 0 Å². The predicted octanol–water partition coefficient (Wildman–Crippen LogP) is 4.19. The summed E-state index contributed by atoms with van der Waals surface area (Å²) in [6.45, 7) is 1.47. The first-order valence-corrected chi connectivity index (χ1v) is 6.45. The number of nitrogens with zero attached hydrogens (tertiary/aromatic N) is 2. The highest BCUT2D eigenvalue weighted by atomic mass is 32.1. The van der Waals surface area contributed by atoms with Crippen LogP contribution in [0.4, 0.5) is 17.6 Å². The summed E-state index contributed by atoms with van der Waals surface area (Å²) in [6.07, 6.45) is -2.08. The second kappa shape index (κ2) is 5.09. The molecule has 2 aromatic rings. The molecule has 0 aliphatic carbocycles. The van der Waals surface area contributed by atoms with Crippen LogP contribution in [0.25, 0.3) is 10.6 Å². The first kappa shape index (κ1) is 14.3. The lowest BCUT2D eigenvalue weighted by Gasteiger charge is -2.13. The molecule has 102 valence electrons. The zero-order valence-corrected chi connectivity index (χ0v) is 11.3. The third-order valence-corrected chi connectivity index (χ3v) is 4.34. The Balaban J connectivity index is 2.42. The number of hydrogen-bond acceptors (Lipinski definition) is 4. The van der Waals surface area contributed by atoms with Crippen molar-refractivity contribution in [2.75, 3.05) is 0 Å². The topological polar surface area (TPSA) is 25.8 Å². The van der Waals surface area contributed by atoms with Gasteiger partial charge in [-0.1, -0.05) is 0 Å². The third-order valence-electron chi connectivity index (χ3n) is 2.34. The normalized spacial score (nSPS) is 13.6. The fourth-order valence-electron chi connectivity index (χ4n) is 1.46. The summed E-state index contributed by atoms with van der Waals surface area (Å²) in [6, 6.07) is 1.18. The Kier molecular flexibility index (Phi) is 3.82. The van der Waals surface area contributed by atoms with Crippen molar-refractivity contribution in [1.29, 1.82) is 0 Å². The van der Waals surface area contributed by atoms with Crippen LogP contribution in [0.15, 0.2) is 18.5 Å². The second-order valence-corrected chi connectivity index (χ2v) is 5.35. The molecule has 0 N–H and O–H groups in total. The number of aromatic nitrogens is 2. The zero-order valence-electron chi connectivity index (χ0n) is 9.57. The molecular weight excluding hydrogens is 300 g/mol. The van der Waals surface area contributed by atoms with Crippen LogP contribution in [-0.4, -0.2) is 16.1 Å². The van der Waals surface area contributed by atoms with E-state index in [2.05, 4.69) is 22.6 Å². The van der Waals surface area contributed by atoms with Crippen molar-refractivity contribution in [2.24, 2.45) is 0 Å². The lowest BCUT2D eigenvalue weighted by Crippen LogP contribution is -2.15. The van der Waals surface area contributed by atoms with Crippen LogP contribution < -0.4 is 0 Å². The summed E-state index contributed by atoms with van der Waals surface area (Å²) in [7, 11) is 0. The van der Waals surface area contributed by atoms with E-state index < -0.39 is 17.2 Å². The van der Waals surface area contributed by atoms with E-state index in [0.29, 0.717) is 10.6 Å². The van der Waals surface area contributed by atoms with E-state index in [1.54, 1.807) is 0 Å². The van der Waals surface area contributed by atoms with Gasteiger partial charge in [0.1, 0.15) is 16.1 Å². The number of pyridine rings is 1. The highest BCUT2D eigenvalue weighted by molar-refractivity contribution is 7.80. The minimum atomic E-state index is -4.45. The van der Waals surface area contributed by atoms with Gasteiger partial charge in [0.25, 0.3) is 0 Å². The molecule has 2 aromatic heterocycles. The van der Waals surface area contributed by atoms with Crippen LogP contribution >= 0.6 is 24.0 Å². The summed E-state index contributed by atoms with van der Waals surface area (Å²) in [5.41, 5.74) is 0.587. The molecule has 2 heterocycles. The lowest BCUT2D eigenvalue weighted by molar-refractivity contribution is -0.128. The van der Waals surface area contributed by atoms with Crippen LogP contribution in [0, 0.1) is 12.7 Å². The van der Waals surface area contributed by atoms with Gasteiger partial charge in [0.15, 0.2) is 0 Å². The largest absolute Gasteiger partial charge is 0.405 e. The predicted molar refractivity (Wildman–Crippen MR) is 67.8 cm³/mol. The van der Waals surface area contributed by atoms with Gasteiger partial charge in [-0.05, 0) is 13.0 Å². The standard InChI is InChI=1S/C11H8F4N2S2/c1-5-8(9(18)11(13,14)15)19-10(17-5)6-2-7(12)4-16-3-6/h2-4,9,18H,1H3. The van der Waals surface area contributed by atoms with E-state index in [1.807, 2.05) is 0 Å². The number of thiol groups is 1. The van der Waals surface area contributed by atoms with E-state index >= 15 is 0 Å². The minimum absolute atomic E-state index is 0.00935. The lowest BCUT2D eigenvalue weighted by atomic mass is 10.3. The smallest absolute Gasteiger partial charge is 0.261 e. The third kappa shape index (κ3) is 3.06. The fourth-order valence-corrected chi connectivity index (χ4v) is 2.87. The number of aryl methyl sites for hydroxylation is 1. The van der Waals surface area contributed by atoms with Crippen molar-refractivity contribution < 1.29 is 17.6 Å². The monoisotopic (exact) mass is 308 g/mol. The first-order chi connectivity index (χ1) is 8.79. The van der Waals surface area contributed by atoms with Crippen molar-refractivity contribution in [2.45, 2.75) is 18.3 Å². The molecule has 0 aromatic carbocycles. The van der Waals surface area contributed by atoms with E-state index in [-0.39, 0.29) is 10.6 Å². The molecule has 0 radical (unpaired) electrons. The second-order valence-electron chi connectivity index (χ2n) is 3.80. The maximum Gasteiger partial charge on any atom is 0.405 e. The molecule has 19 heavy (non-hydrogen) atoms. The Hall–Kier alpha value is -1.15. The van der Waals surface area contributed by atoms with Crippen molar-refractivity contribution in [3.05, 3.63) is 34.8 Å². The summed E-state index contributed by atoms with van der Waals surface area (Å²) < 4.78 is 50.9. The van der Waals surface area contributed by atoms with Gasteiger partial charge >= 0.3 is 6.18 Å². The van der Waals surface area contributed by atoms with Gasteiger partial charge < -0.3 is 0 Å². The van der Waals surface area contributed by atoms with Crippen LogP contribution in [0.3, 0.4) is 0 Å². The first-order valence-electron chi connectivity index (χ1n) is 5.12. The number of thiazole rings is 1. The van der Waals surface area contributed by atoms with Gasteiger partial charge in [-0.15, -0.1) is 11.3 Å². The SMILES string of the molecule is Cc1nc(-c2cncc(F)c2)sc1C(S)C(F)(F)F. The number of rotatable bonds is 2. The Bertz CT molecular complexity index is 595. The van der Waals surface area contributed by atoms with Crippen molar-refractivity contribution in [1.82, 2.24) is 9.97 Å². The summed E-state index contributed by atoms with van der Waals surface area (Å²) in [5, 5.41) is -1.59. The Morgan fingerprint density at radius 1 is 1.32 bits per heavy atom. The maximum atomic E-state index is 13.0. The van der Waals surface area contributed by atoms with E-state index in [1.165, 1.54) is 19.2 Å². The molecule has 1 unspecified atom stereocenters. The Morgan fingerprint density at radius 3 is 2.58 bits per heavy atom. The van der Waals surface area contributed by atoms with Gasteiger partial charge in [-0.2, -0.15) is 25.8 Å². The molecule has 2 rings (SSSR count). The Morgan fingerprint density at radius 2 is 2.00 bits per heavy atom. The average molecular weight is 308 g/mol. The highest BCUT2D eigenvalue weighted by Gasteiger charge is 2.40. The van der Waals surface area contributed by atoms with Crippen LogP contribution in [-0.2, 0) is 0 Å². The van der Waals surface area contributed by atoms with Gasteiger partial charge in [0.2, 0.25) is 0 Å². The summed E-state index contributed by atoms with van der Waals surface area (Å²) in [4.78, 5) is 7.67. The van der Waals surface area contributed by atoms with Gasteiger partial charge in [0, 0.05) is 16.6 Å². The molecule has 0 spiro atoms. The minimum Gasteiger partial charge on any atom is -0.261 e. The van der Waals surface area contributed by atoms with Crippen LogP contribution in [0.1, 0.15) is 15.8 Å². The van der Waals surface area contributed by atoms with Crippen molar-refractivity contribution in [3.8, 4) is 10.6 Å². The van der Waals surface area contributed by atoms with E-state index in [0.717, 1.165) is 17.5 Å². The van der Waals surface area contributed by atoms with Gasteiger partial charge in [-0.3, -0.25) is 4.98 Å². The highest BCUT2D eigenvalue weighted by Crippen LogP contribution is 2.43. The van der Waals surface area contributed by atoms with Crippen LogP contribution in [0.2, 0.25) is 0 Å². The molecular formula is C11H8F4N2S2. The van der Waals surface area contributed by atoms with Gasteiger partial charge in [0.05, 0.1) is 11.9 Å². The van der Waals surface area contributed by atoms with Gasteiger partial charge in [-0.25, -0.2) is 9.37 Å². The molecule has 1 atom stereocenters. The quantitative estimate of drug-likeness (QED) is 0.665. The molecule has 0 fully saturated rings. The molecule has 0 aliphatic rings. The zero-order chi connectivity index (χ0) is 14.2. The fraction of sp³-hybridized carbons (Fsp3) is 0.273. The molecule has 0 saturated heterocycles. The molecule has 8 heteroatoms. The average Bonchev–Trinajstić information content (AvgIpc) is 2.69. The molecule has 0 amide bonds. The molecule has 2 nitrogen and oxygen atoms in total. The number of halogens is 4. The summed E-state index contributed by atoms with van der Waals surface area (Å²) in [5.74, 6) is -0.565. The number of alkyl halides is 3. The van der Waals surface area contributed by atoms with Crippen molar-refractivity contribution >= 4 is 24.0 Å². The van der Waals surface area contributed by atoms with E-state index in [4.69, 9.17) is 0 Å². The summed E-state index contributed by atoms with van der Waals surface area (Å²) >= 11 is 4.41. The maximum absolute atomic E-state index is 13.0. The molecule has 0 saturated carbocycles. The molecule has 0 bridgehead atoms. The van der Waals surface area contributed by atoms with Crippen molar-refractivity contribution in [3.63, 3.8) is 0 Å². The number of hydrogen-bond donors (Lipinski definition) is 1.